The zero-order valence-corrected chi connectivity index (χ0v) is 8.52. The van der Waals surface area contributed by atoms with Crippen LogP contribution in [0.15, 0.2) is 26.3 Å². The Morgan fingerprint density at radius 2 is 1.82 bits per heavy atom. The third-order valence-electron chi connectivity index (χ3n) is 1.21. The number of nitrogen functional groups attached to an aromatic ring is 1. The normalized spacial score (nSPS) is 9.64. The number of rotatable bonds is 1. The molecule has 0 unspecified atom stereocenters. The molecule has 0 fully saturated rings. The second kappa shape index (κ2) is 3.32. The summed E-state index contributed by atoms with van der Waals surface area (Å²) < 4.78 is 1.28. The minimum Gasteiger partial charge on any atom is -0.396 e. The lowest BCUT2D eigenvalue weighted by molar-refractivity contribution is 1.45. The fourth-order valence-electron chi connectivity index (χ4n) is 0.650. The molecule has 0 saturated carbocycles. The van der Waals surface area contributed by atoms with Crippen molar-refractivity contribution in [2.24, 2.45) is 5.18 Å². The summed E-state index contributed by atoms with van der Waals surface area (Å²) in [5, 5.41) is 2.78. The van der Waals surface area contributed by atoms with Crippen LogP contribution in [0.1, 0.15) is 0 Å². The maximum Gasteiger partial charge on any atom is 0.146 e. The monoisotopic (exact) mass is 278 g/mol. The van der Waals surface area contributed by atoms with Crippen molar-refractivity contribution < 1.29 is 0 Å². The molecule has 1 rings (SSSR count). The Morgan fingerprint density at radius 1 is 1.27 bits per heavy atom. The average Bonchev–Trinajstić information content (AvgIpc) is 1.99. The molecule has 0 aliphatic carbocycles. The topological polar surface area (TPSA) is 55.4 Å². The fourth-order valence-corrected chi connectivity index (χ4v) is 1.39. The van der Waals surface area contributed by atoms with E-state index < -0.39 is 0 Å². The van der Waals surface area contributed by atoms with Crippen LogP contribution in [0.5, 0.6) is 0 Å². The molecule has 2 N–H and O–H groups in total. The predicted molar refractivity (Wildman–Crippen MR) is 51.7 cm³/mol. The number of halogens is 2. The van der Waals surface area contributed by atoms with Crippen LogP contribution in [0.3, 0.4) is 0 Å². The number of nitroso groups, excluding NO2 is 1. The van der Waals surface area contributed by atoms with E-state index in [9.17, 15) is 4.91 Å². The van der Waals surface area contributed by atoms with Crippen molar-refractivity contribution in [1.82, 2.24) is 0 Å². The summed E-state index contributed by atoms with van der Waals surface area (Å²) in [7, 11) is 0. The van der Waals surface area contributed by atoms with Gasteiger partial charge in [0.15, 0.2) is 0 Å². The molecule has 0 atom stereocenters. The third-order valence-corrected chi connectivity index (χ3v) is 2.54. The lowest BCUT2D eigenvalue weighted by Gasteiger charge is -2.00. The molecule has 0 radical (unpaired) electrons. The van der Waals surface area contributed by atoms with E-state index in [1.165, 1.54) is 0 Å². The summed E-state index contributed by atoms with van der Waals surface area (Å²) in [5.74, 6) is 0. The first-order valence-corrected chi connectivity index (χ1v) is 4.32. The number of anilines is 1. The predicted octanol–water partition coefficient (Wildman–Crippen LogP) is 3.19. The van der Waals surface area contributed by atoms with Crippen molar-refractivity contribution in [2.75, 3.05) is 5.73 Å². The molecule has 0 aromatic heterocycles. The Balaban J connectivity index is 3.40. The first-order chi connectivity index (χ1) is 5.16. The van der Waals surface area contributed by atoms with Gasteiger partial charge in [0, 0.05) is 8.95 Å². The zero-order valence-electron chi connectivity index (χ0n) is 5.34. The lowest BCUT2D eigenvalue weighted by atomic mass is 10.3. The van der Waals surface area contributed by atoms with Crippen molar-refractivity contribution in [3.05, 3.63) is 26.0 Å². The number of nitrogens with two attached hydrogens (primary N) is 1. The van der Waals surface area contributed by atoms with Crippen LogP contribution in [-0.2, 0) is 0 Å². The quantitative estimate of drug-likeness (QED) is 0.634. The molecule has 1 aromatic carbocycles. The van der Waals surface area contributed by atoms with Gasteiger partial charge in [-0.15, -0.1) is 4.91 Å². The Hall–Kier alpha value is -0.420. The van der Waals surface area contributed by atoms with E-state index in [0.717, 1.165) is 0 Å². The van der Waals surface area contributed by atoms with Gasteiger partial charge in [-0.3, -0.25) is 0 Å². The molecule has 3 nitrogen and oxygen atoms in total. The van der Waals surface area contributed by atoms with Crippen molar-refractivity contribution in [2.45, 2.75) is 0 Å². The van der Waals surface area contributed by atoms with E-state index >= 15 is 0 Å². The second-order valence-corrected chi connectivity index (χ2v) is 3.59. The first kappa shape index (κ1) is 8.67. The molecule has 58 valence electrons. The van der Waals surface area contributed by atoms with E-state index in [-0.39, 0.29) is 5.69 Å². The maximum atomic E-state index is 10.2. The standard InChI is InChI=1S/C6H4Br2N2O/c7-3-1-2-4(8)6(10-11)5(3)9/h1-2H,9H2. The van der Waals surface area contributed by atoms with E-state index in [1.54, 1.807) is 12.1 Å². The van der Waals surface area contributed by atoms with Crippen LogP contribution in [0.2, 0.25) is 0 Å². The van der Waals surface area contributed by atoms with Crippen molar-refractivity contribution in [1.29, 1.82) is 0 Å². The second-order valence-electron chi connectivity index (χ2n) is 1.88. The lowest BCUT2D eigenvalue weighted by Crippen LogP contribution is -1.87. The summed E-state index contributed by atoms with van der Waals surface area (Å²) in [4.78, 5) is 10.2. The summed E-state index contributed by atoms with van der Waals surface area (Å²) in [6, 6.07) is 3.45. The van der Waals surface area contributed by atoms with Gasteiger partial charge in [-0.1, -0.05) is 0 Å². The molecule has 11 heavy (non-hydrogen) atoms. The van der Waals surface area contributed by atoms with Crippen LogP contribution in [0, 0.1) is 4.91 Å². The Kier molecular flexibility index (Phi) is 2.62. The van der Waals surface area contributed by atoms with Crippen molar-refractivity contribution in [3.63, 3.8) is 0 Å². The van der Waals surface area contributed by atoms with Gasteiger partial charge in [0.2, 0.25) is 0 Å². The number of hydrogen-bond donors (Lipinski definition) is 1. The van der Waals surface area contributed by atoms with Crippen LogP contribution in [-0.4, -0.2) is 0 Å². The highest BCUT2D eigenvalue weighted by Gasteiger charge is 2.06. The van der Waals surface area contributed by atoms with E-state index in [4.69, 9.17) is 5.73 Å². The van der Waals surface area contributed by atoms with Crippen LogP contribution in [0.4, 0.5) is 11.4 Å². The number of benzene rings is 1. The highest BCUT2D eigenvalue weighted by molar-refractivity contribution is 9.11. The van der Waals surface area contributed by atoms with Gasteiger partial charge in [-0.2, -0.15) is 0 Å². The fraction of sp³-hybridized carbons (Fsp3) is 0. The van der Waals surface area contributed by atoms with Crippen LogP contribution < -0.4 is 5.73 Å². The van der Waals surface area contributed by atoms with Gasteiger partial charge in [0.25, 0.3) is 0 Å². The molecular weight excluding hydrogens is 276 g/mol. The molecule has 0 saturated heterocycles. The van der Waals surface area contributed by atoms with Gasteiger partial charge in [0.05, 0.1) is 5.69 Å². The molecule has 5 heteroatoms. The summed E-state index contributed by atoms with van der Waals surface area (Å²) in [6.07, 6.45) is 0. The molecule has 0 aliphatic rings. The van der Waals surface area contributed by atoms with E-state index in [2.05, 4.69) is 37.0 Å². The minimum absolute atomic E-state index is 0.236. The summed E-state index contributed by atoms with van der Waals surface area (Å²) >= 11 is 6.32. The molecule has 0 bridgehead atoms. The largest absolute Gasteiger partial charge is 0.396 e. The minimum atomic E-state index is 0.236. The Bertz CT molecular complexity index is 301. The van der Waals surface area contributed by atoms with Gasteiger partial charge < -0.3 is 5.73 Å². The van der Waals surface area contributed by atoms with E-state index in [0.29, 0.717) is 14.6 Å². The Morgan fingerprint density at radius 3 is 2.27 bits per heavy atom. The summed E-state index contributed by atoms with van der Waals surface area (Å²) in [5.41, 5.74) is 6.11. The van der Waals surface area contributed by atoms with Crippen LogP contribution in [0.25, 0.3) is 0 Å². The van der Waals surface area contributed by atoms with Crippen LogP contribution >= 0.6 is 31.9 Å². The maximum absolute atomic E-state index is 10.2. The van der Waals surface area contributed by atoms with E-state index in [1.807, 2.05) is 0 Å². The first-order valence-electron chi connectivity index (χ1n) is 2.73. The van der Waals surface area contributed by atoms with Gasteiger partial charge in [0.1, 0.15) is 5.69 Å². The Labute approximate surface area is 80.2 Å². The highest BCUT2D eigenvalue weighted by Crippen LogP contribution is 2.36. The third kappa shape index (κ3) is 1.59. The molecule has 0 aliphatic heterocycles. The molecule has 0 amide bonds. The SMILES string of the molecule is Nc1c(Br)ccc(Br)c1N=O. The van der Waals surface area contributed by atoms with Gasteiger partial charge in [-0.25, -0.2) is 0 Å². The average molecular weight is 280 g/mol. The smallest absolute Gasteiger partial charge is 0.146 e. The molecule has 0 heterocycles. The van der Waals surface area contributed by atoms with Crippen molar-refractivity contribution in [3.8, 4) is 0 Å². The zero-order chi connectivity index (χ0) is 8.43. The number of hydrogen-bond acceptors (Lipinski definition) is 3. The summed E-state index contributed by atoms with van der Waals surface area (Å²) in [6.45, 7) is 0. The molecular formula is C6H4Br2N2O. The number of nitrogens with zero attached hydrogens (tertiary/aromatic N) is 1. The highest BCUT2D eigenvalue weighted by atomic mass is 79.9. The van der Waals surface area contributed by atoms with Gasteiger partial charge in [-0.05, 0) is 49.2 Å². The van der Waals surface area contributed by atoms with Gasteiger partial charge >= 0.3 is 0 Å². The van der Waals surface area contributed by atoms with Crippen molar-refractivity contribution >= 4 is 43.2 Å². The molecule has 0 spiro atoms. The molecule has 1 aromatic rings.